The molecule has 2 rings (SSSR count). The first-order valence-corrected chi connectivity index (χ1v) is 11.2. The van der Waals surface area contributed by atoms with E-state index in [9.17, 15) is 5.11 Å². The molecule has 7 heteroatoms. The molecule has 0 bridgehead atoms. The number of anilines is 2. The van der Waals surface area contributed by atoms with Crippen LogP contribution in [0.15, 0.2) is 18.2 Å². The molecule has 0 saturated heterocycles. The number of aliphatic hydroxyl groups is 1. The molecular formula is C24H39N5O2. The fraction of sp³-hybridized carbons (Fsp3) is 0.583. The molecule has 4 N–H and O–H groups in total. The zero-order valence-corrected chi connectivity index (χ0v) is 19.7. The zero-order valence-electron chi connectivity index (χ0n) is 19.7. The van der Waals surface area contributed by atoms with E-state index in [1.54, 1.807) is 7.11 Å². The molecule has 1 heterocycles. The maximum atomic E-state index is 9.42. The third kappa shape index (κ3) is 7.67. The van der Waals surface area contributed by atoms with Crippen molar-refractivity contribution in [3.05, 3.63) is 40.6 Å². The van der Waals surface area contributed by atoms with Crippen LogP contribution in [-0.2, 0) is 12.8 Å². The molecule has 0 aliphatic heterocycles. The maximum Gasteiger partial charge on any atom is 0.222 e. The SMILES string of the molecule is CCCC(CCO)Nc1nc(N)nc(C)c1Cc1ccc(CCCN(C)C)cc1OC. The molecule has 0 radical (unpaired) electrons. The number of hydrogen-bond donors (Lipinski definition) is 3. The Kier molecular flexibility index (Phi) is 10.0. The third-order valence-electron chi connectivity index (χ3n) is 5.48. The molecule has 1 aromatic heterocycles. The summed E-state index contributed by atoms with van der Waals surface area (Å²) in [6, 6.07) is 6.60. The Balaban J connectivity index is 2.28. The minimum atomic E-state index is 0.135. The molecule has 1 aromatic carbocycles. The Bertz CT molecular complexity index is 820. The highest BCUT2D eigenvalue weighted by Crippen LogP contribution is 2.28. The Morgan fingerprint density at radius 2 is 2.00 bits per heavy atom. The quantitative estimate of drug-likeness (QED) is 0.449. The van der Waals surface area contributed by atoms with Crippen molar-refractivity contribution in [1.82, 2.24) is 14.9 Å². The lowest BCUT2D eigenvalue weighted by molar-refractivity contribution is 0.276. The van der Waals surface area contributed by atoms with Gasteiger partial charge in [-0.1, -0.05) is 25.5 Å². The first-order chi connectivity index (χ1) is 14.9. The van der Waals surface area contributed by atoms with Crippen LogP contribution in [0.3, 0.4) is 0 Å². The van der Waals surface area contributed by atoms with Gasteiger partial charge in [0.15, 0.2) is 0 Å². The fourth-order valence-electron chi connectivity index (χ4n) is 3.82. The number of nitrogens with two attached hydrogens (primary N) is 1. The van der Waals surface area contributed by atoms with Gasteiger partial charge >= 0.3 is 0 Å². The highest BCUT2D eigenvalue weighted by Gasteiger charge is 2.17. The van der Waals surface area contributed by atoms with Crippen LogP contribution in [0.25, 0.3) is 0 Å². The molecule has 0 aliphatic rings. The van der Waals surface area contributed by atoms with Gasteiger partial charge < -0.3 is 25.8 Å². The molecule has 0 saturated carbocycles. The number of nitrogens with zero attached hydrogens (tertiary/aromatic N) is 3. The lowest BCUT2D eigenvalue weighted by atomic mass is 9.99. The van der Waals surface area contributed by atoms with Crippen molar-refractivity contribution in [3.8, 4) is 5.75 Å². The number of aryl methyl sites for hydroxylation is 2. The monoisotopic (exact) mass is 429 g/mol. The summed E-state index contributed by atoms with van der Waals surface area (Å²) in [4.78, 5) is 11.1. The maximum absolute atomic E-state index is 9.42. The minimum Gasteiger partial charge on any atom is -0.496 e. The number of nitrogen functional groups attached to an aromatic ring is 1. The molecule has 1 atom stereocenters. The predicted molar refractivity (Wildman–Crippen MR) is 128 cm³/mol. The van der Waals surface area contributed by atoms with Gasteiger partial charge in [0.25, 0.3) is 0 Å². The van der Waals surface area contributed by atoms with Crippen LogP contribution in [0.1, 0.15) is 55.0 Å². The summed E-state index contributed by atoms with van der Waals surface area (Å²) in [6.45, 7) is 5.29. The standard InChI is InChI=1S/C24H39N5O2/c1-6-8-20(12-14-30)27-23-21(17(2)26-24(25)28-23)16-19-11-10-18(15-22(19)31-5)9-7-13-29(3)4/h10-11,15,20,30H,6-9,12-14,16H2,1-5H3,(H3,25,26,27,28). The predicted octanol–water partition coefficient (Wildman–Crippen LogP) is 3.42. The number of hydrogen-bond acceptors (Lipinski definition) is 7. The molecular weight excluding hydrogens is 390 g/mol. The van der Waals surface area contributed by atoms with Crippen molar-refractivity contribution in [2.75, 3.05) is 45.4 Å². The molecule has 172 valence electrons. The van der Waals surface area contributed by atoms with E-state index >= 15 is 0 Å². The van der Waals surface area contributed by atoms with E-state index < -0.39 is 0 Å². The lowest BCUT2D eigenvalue weighted by Crippen LogP contribution is -2.23. The lowest BCUT2D eigenvalue weighted by Gasteiger charge is -2.21. The van der Waals surface area contributed by atoms with Crippen LogP contribution in [0.5, 0.6) is 5.75 Å². The van der Waals surface area contributed by atoms with Gasteiger partial charge in [-0.3, -0.25) is 0 Å². The van der Waals surface area contributed by atoms with Gasteiger partial charge in [-0.25, -0.2) is 4.98 Å². The first-order valence-electron chi connectivity index (χ1n) is 11.2. The van der Waals surface area contributed by atoms with Gasteiger partial charge in [0.1, 0.15) is 11.6 Å². The summed E-state index contributed by atoms with van der Waals surface area (Å²) in [7, 11) is 5.91. The van der Waals surface area contributed by atoms with Crippen molar-refractivity contribution in [3.63, 3.8) is 0 Å². The summed E-state index contributed by atoms with van der Waals surface area (Å²) in [5.74, 6) is 1.88. The highest BCUT2D eigenvalue weighted by molar-refractivity contribution is 5.53. The Labute approximate surface area is 187 Å². The summed E-state index contributed by atoms with van der Waals surface area (Å²) in [5.41, 5.74) is 10.2. The molecule has 7 nitrogen and oxygen atoms in total. The minimum absolute atomic E-state index is 0.135. The largest absolute Gasteiger partial charge is 0.496 e. The summed E-state index contributed by atoms with van der Waals surface area (Å²) < 4.78 is 5.72. The second-order valence-corrected chi connectivity index (χ2v) is 8.37. The highest BCUT2D eigenvalue weighted by atomic mass is 16.5. The number of aliphatic hydroxyl groups excluding tert-OH is 1. The molecule has 0 fully saturated rings. The Morgan fingerprint density at radius 3 is 2.65 bits per heavy atom. The van der Waals surface area contributed by atoms with Crippen LogP contribution in [0.4, 0.5) is 11.8 Å². The van der Waals surface area contributed by atoms with Crippen LogP contribution < -0.4 is 15.8 Å². The first kappa shape index (κ1) is 24.9. The van der Waals surface area contributed by atoms with Crippen molar-refractivity contribution in [2.24, 2.45) is 0 Å². The molecule has 0 spiro atoms. The number of rotatable bonds is 13. The molecule has 2 aromatic rings. The Morgan fingerprint density at radius 1 is 1.23 bits per heavy atom. The number of methoxy groups -OCH3 is 1. The molecule has 1 unspecified atom stereocenters. The van der Waals surface area contributed by atoms with Crippen LogP contribution in [-0.4, -0.2) is 60.4 Å². The summed E-state index contributed by atoms with van der Waals surface area (Å²) >= 11 is 0. The van der Waals surface area contributed by atoms with Gasteiger partial charge in [-0.15, -0.1) is 0 Å². The Hall–Kier alpha value is -2.38. The second kappa shape index (κ2) is 12.5. The van der Waals surface area contributed by atoms with Gasteiger partial charge in [0, 0.05) is 30.3 Å². The van der Waals surface area contributed by atoms with E-state index in [2.05, 4.69) is 59.4 Å². The molecule has 31 heavy (non-hydrogen) atoms. The average molecular weight is 430 g/mol. The number of ether oxygens (including phenoxy) is 1. The number of benzene rings is 1. The third-order valence-corrected chi connectivity index (χ3v) is 5.48. The van der Waals surface area contributed by atoms with E-state index in [1.807, 2.05) is 6.92 Å². The van der Waals surface area contributed by atoms with Crippen molar-refractivity contribution in [1.29, 1.82) is 0 Å². The van der Waals surface area contributed by atoms with E-state index in [1.165, 1.54) is 5.56 Å². The molecule has 0 amide bonds. The summed E-state index contributed by atoms with van der Waals surface area (Å²) in [6.07, 6.45) is 5.42. The fourth-order valence-corrected chi connectivity index (χ4v) is 3.82. The summed E-state index contributed by atoms with van der Waals surface area (Å²) in [5, 5.41) is 12.9. The van der Waals surface area contributed by atoms with Gasteiger partial charge in [0.2, 0.25) is 5.95 Å². The van der Waals surface area contributed by atoms with E-state index in [4.69, 9.17) is 10.5 Å². The van der Waals surface area contributed by atoms with Crippen LogP contribution in [0.2, 0.25) is 0 Å². The topological polar surface area (TPSA) is 96.5 Å². The van der Waals surface area contributed by atoms with Gasteiger partial charge in [-0.2, -0.15) is 4.98 Å². The average Bonchev–Trinajstić information content (AvgIpc) is 2.71. The van der Waals surface area contributed by atoms with Gasteiger partial charge in [-0.05, 0) is 70.4 Å². The smallest absolute Gasteiger partial charge is 0.222 e. The van der Waals surface area contributed by atoms with Crippen molar-refractivity contribution in [2.45, 2.75) is 58.4 Å². The number of aromatic nitrogens is 2. The second-order valence-electron chi connectivity index (χ2n) is 8.37. The van der Waals surface area contributed by atoms with E-state index in [0.717, 1.165) is 60.6 Å². The van der Waals surface area contributed by atoms with E-state index in [-0.39, 0.29) is 18.6 Å². The van der Waals surface area contributed by atoms with Crippen LogP contribution >= 0.6 is 0 Å². The zero-order chi connectivity index (χ0) is 22.8. The van der Waals surface area contributed by atoms with Gasteiger partial charge in [0.05, 0.1) is 7.11 Å². The van der Waals surface area contributed by atoms with Crippen molar-refractivity contribution < 1.29 is 9.84 Å². The normalized spacial score (nSPS) is 12.2. The van der Waals surface area contributed by atoms with E-state index in [0.29, 0.717) is 12.8 Å². The van der Waals surface area contributed by atoms with Crippen molar-refractivity contribution >= 4 is 11.8 Å². The van der Waals surface area contributed by atoms with Crippen LogP contribution in [0, 0.1) is 6.92 Å². The number of nitrogens with one attached hydrogen (secondary N) is 1. The molecule has 0 aliphatic carbocycles.